The van der Waals surface area contributed by atoms with Gasteiger partial charge in [0.15, 0.2) is 5.85 Å². The molecule has 2 aromatic rings. The van der Waals surface area contributed by atoms with Gasteiger partial charge in [-0.25, -0.2) is 0 Å². The van der Waals surface area contributed by atoms with Gasteiger partial charge in [-0.15, -0.1) is 0 Å². The Kier molecular flexibility index (Phi) is 4.96. The van der Waals surface area contributed by atoms with Crippen LogP contribution in [0.25, 0.3) is 0 Å². The second kappa shape index (κ2) is 6.18. The molecule has 1 heterocycles. The van der Waals surface area contributed by atoms with Crippen molar-refractivity contribution in [2.45, 2.75) is 24.3 Å². The van der Waals surface area contributed by atoms with E-state index in [4.69, 9.17) is 4.42 Å². The Morgan fingerprint density at radius 1 is 1.15 bits per heavy atom. The van der Waals surface area contributed by atoms with E-state index in [9.17, 15) is 14.6 Å². The van der Waals surface area contributed by atoms with Crippen molar-refractivity contribution >= 4 is 7.37 Å². The molecule has 0 fully saturated rings. The number of hydrogen-bond donors (Lipinski definition) is 2. The van der Waals surface area contributed by atoms with Crippen molar-refractivity contribution in [2.75, 3.05) is 0 Å². The Balaban J connectivity index is 0.00000147. The minimum atomic E-state index is -3.74. The Hall–Kier alpha value is -0.350. The molecule has 0 spiro atoms. The maximum Gasteiger partial charge on any atom is 1.00 e. The summed E-state index contributed by atoms with van der Waals surface area (Å²) in [5.41, 5.74) is 1.74. The van der Waals surface area contributed by atoms with Gasteiger partial charge in [-0.05, 0) is 36.1 Å². The fourth-order valence-corrected chi connectivity index (χ4v) is 4.44. The minimum absolute atomic E-state index is 0. The fraction of sp³-hybridized carbons (Fsp3) is 0.286. The summed E-state index contributed by atoms with van der Waals surface area (Å²) in [6, 6.07) is 10.9. The van der Waals surface area contributed by atoms with Crippen LogP contribution in [0, 0.1) is 0 Å². The van der Waals surface area contributed by atoms with Gasteiger partial charge in [0.25, 0.3) is 0 Å². The van der Waals surface area contributed by atoms with Gasteiger partial charge in [-0.3, -0.25) is 4.57 Å². The Bertz CT molecular complexity index is 601. The normalized spacial score (nSPS) is 18.9. The van der Waals surface area contributed by atoms with Crippen LogP contribution in [0.5, 0.6) is 0 Å². The van der Waals surface area contributed by atoms with E-state index in [2.05, 4.69) is 0 Å². The summed E-state index contributed by atoms with van der Waals surface area (Å²) >= 11 is 0. The van der Waals surface area contributed by atoms with Crippen molar-refractivity contribution in [3.05, 3.63) is 59.5 Å². The summed E-state index contributed by atoms with van der Waals surface area (Å²) in [7, 11) is -3.74. The molecule has 1 aromatic carbocycles. The van der Waals surface area contributed by atoms with Gasteiger partial charge < -0.3 is 14.4 Å². The fourth-order valence-electron chi connectivity index (χ4n) is 2.62. The Morgan fingerprint density at radius 2 is 1.75 bits per heavy atom. The van der Waals surface area contributed by atoms with Gasteiger partial charge in [0.05, 0.1) is 6.26 Å². The first kappa shape index (κ1) is 16.0. The number of benzene rings is 1. The van der Waals surface area contributed by atoms with Crippen LogP contribution in [0.15, 0.2) is 47.1 Å². The second-order valence-corrected chi connectivity index (χ2v) is 7.46. The molecule has 20 heavy (non-hydrogen) atoms. The van der Waals surface area contributed by atoms with E-state index in [0.717, 1.165) is 11.1 Å². The third-order valence-corrected chi connectivity index (χ3v) is 6.07. The molecule has 0 aliphatic heterocycles. The van der Waals surface area contributed by atoms with Crippen LogP contribution in [0.2, 0.25) is 0 Å². The van der Waals surface area contributed by atoms with E-state index < -0.39 is 18.9 Å². The standard InChI is InChI=1S/C14H15O4P.Na/c15-14(13-6-3-7-18-13)19(16,17)12-8-10-4-1-2-5-11(10)9-12;/h1-7,12,14-15H,8-9H2,(H,16,17);/q;+1. The summed E-state index contributed by atoms with van der Waals surface area (Å²) < 4.78 is 17.6. The topological polar surface area (TPSA) is 70.7 Å². The molecule has 2 atom stereocenters. The van der Waals surface area contributed by atoms with Crippen LogP contribution in [0.3, 0.4) is 0 Å². The van der Waals surface area contributed by atoms with Gasteiger partial charge in [0, 0.05) is 5.66 Å². The minimum Gasteiger partial charge on any atom is -0.466 e. The Labute approximate surface area is 139 Å². The van der Waals surface area contributed by atoms with Gasteiger partial charge >= 0.3 is 29.6 Å². The van der Waals surface area contributed by atoms with Crippen LogP contribution >= 0.6 is 7.37 Å². The van der Waals surface area contributed by atoms with Crippen molar-refractivity contribution in [1.29, 1.82) is 0 Å². The molecule has 0 amide bonds. The number of rotatable bonds is 3. The zero-order chi connectivity index (χ0) is 13.5. The van der Waals surface area contributed by atoms with Crippen LogP contribution in [0.1, 0.15) is 22.7 Å². The monoisotopic (exact) mass is 301 g/mol. The van der Waals surface area contributed by atoms with Crippen LogP contribution in [0.4, 0.5) is 0 Å². The summed E-state index contributed by atoms with van der Waals surface area (Å²) in [5.74, 6) is -1.29. The maximum absolute atomic E-state index is 12.5. The predicted molar refractivity (Wildman–Crippen MR) is 71.1 cm³/mol. The molecule has 1 aliphatic carbocycles. The van der Waals surface area contributed by atoms with Gasteiger partial charge in [0.2, 0.25) is 7.37 Å². The molecule has 0 saturated carbocycles. The van der Waals surface area contributed by atoms with Crippen molar-refractivity contribution in [3.63, 3.8) is 0 Å². The molecule has 1 aliphatic rings. The van der Waals surface area contributed by atoms with Gasteiger partial charge in [0.1, 0.15) is 5.76 Å². The third kappa shape index (κ3) is 2.82. The SMILES string of the molecule is O=P(O)(C1Cc2ccccc2C1)C(O)c1ccco1.[Na+]. The Morgan fingerprint density at radius 3 is 2.25 bits per heavy atom. The average Bonchev–Trinajstić information content (AvgIpc) is 3.06. The predicted octanol–water partition coefficient (Wildman–Crippen LogP) is -0.288. The van der Waals surface area contributed by atoms with Crippen molar-refractivity contribution < 1.29 is 48.5 Å². The van der Waals surface area contributed by atoms with E-state index >= 15 is 0 Å². The number of furan rings is 1. The van der Waals surface area contributed by atoms with Crippen molar-refractivity contribution in [1.82, 2.24) is 0 Å². The van der Waals surface area contributed by atoms with Crippen LogP contribution in [-0.4, -0.2) is 15.7 Å². The first-order valence-electron chi connectivity index (χ1n) is 6.19. The molecule has 3 rings (SSSR count). The van der Waals surface area contributed by atoms with E-state index in [0.29, 0.717) is 12.8 Å². The quantitative estimate of drug-likeness (QED) is 0.604. The first-order chi connectivity index (χ1) is 9.09. The average molecular weight is 301 g/mol. The largest absolute Gasteiger partial charge is 1.00 e. The molecular formula is C14H15NaO4P+. The molecule has 100 valence electrons. The van der Waals surface area contributed by atoms with E-state index in [1.165, 1.54) is 12.3 Å². The molecule has 2 N–H and O–H groups in total. The molecule has 4 nitrogen and oxygen atoms in total. The summed E-state index contributed by atoms with van der Waals surface area (Å²) in [5, 5.41) is 10.1. The van der Waals surface area contributed by atoms with E-state index in [1.54, 1.807) is 6.07 Å². The van der Waals surface area contributed by atoms with Gasteiger partial charge in [-0.2, -0.15) is 0 Å². The van der Waals surface area contributed by atoms with Crippen LogP contribution < -0.4 is 29.6 Å². The molecule has 0 saturated heterocycles. The smallest absolute Gasteiger partial charge is 0.466 e. The van der Waals surface area contributed by atoms with Gasteiger partial charge in [-0.1, -0.05) is 24.3 Å². The maximum atomic E-state index is 12.5. The number of hydrogen-bond acceptors (Lipinski definition) is 3. The molecular weight excluding hydrogens is 286 g/mol. The molecule has 2 unspecified atom stereocenters. The molecule has 0 radical (unpaired) electrons. The zero-order valence-corrected chi connectivity index (χ0v) is 14.2. The summed E-state index contributed by atoms with van der Waals surface area (Å²) in [6.07, 6.45) is 2.45. The third-order valence-electron chi connectivity index (χ3n) is 3.70. The zero-order valence-electron chi connectivity index (χ0n) is 11.3. The molecule has 0 bridgehead atoms. The van der Waals surface area contributed by atoms with Crippen molar-refractivity contribution in [3.8, 4) is 0 Å². The van der Waals surface area contributed by atoms with E-state index in [-0.39, 0.29) is 35.3 Å². The summed E-state index contributed by atoms with van der Waals surface area (Å²) in [4.78, 5) is 10.3. The molecule has 1 aromatic heterocycles. The number of aliphatic hydroxyl groups excluding tert-OH is 1. The second-order valence-electron chi connectivity index (χ2n) is 4.89. The van der Waals surface area contributed by atoms with Crippen LogP contribution in [-0.2, 0) is 17.4 Å². The number of fused-ring (bicyclic) bond motifs is 1. The molecule has 6 heteroatoms. The number of aliphatic hydroxyl groups is 1. The first-order valence-corrected chi connectivity index (χ1v) is 7.99. The van der Waals surface area contributed by atoms with E-state index in [1.807, 2.05) is 24.3 Å². The van der Waals surface area contributed by atoms with Crippen molar-refractivity contribution in [2.24, 2.45) is 0 Å². The summed E-state index contributed by atoms with van der Waals surface area (Å²) in [6.45, 7) is 0.